The standard InChI is InChI=1S/C20H20N4O3S/c25-18(22-15-6-1-2-7-16(15)24-9-3-4-10-24)12-14-13-28-20(21-14)23-19(26)17-8-5-11-27-17/h1-2,5-8,11,13H,3-4,9-10,12H2,(H,22,25)(H,21,23,26). The molecular weight excluding hydrogens is 376 g/mol. The number of aromatic nitrogens is 1. The summed E-state index contributed by atoms with van der Waals surface area (Å²) in [4.78, 5) is 31.1. The average molecular weight is 396 g/mol. The van der Waals surface area contributed by atoms with E-state index >= 15 is 0 Å². The van der Waals surface area contributed by atoms with E-state index in [1.165, 1.54) is 30.4 Å². The van der Waals surface area contributed by atoms with Crippen LogP contribution in [-0.4, -0.2) is 29.9 Å². The number of benzene rings is 1. The van der Waals surface area contributed by atoms with Crippen LogP contribution in [0.4, 0.5) is 16.5 Å². The first-order valence-corrected chi connectivity index (χ1v) is 10.00. The van der Waals surface area contributed by atoms with Gasteiger partial charge >= 0.3 is 0 Å². The number of carbonyl (C=O) groups excluding carboxylic acids is 2. The number of hydrogen-bond donors (Lipinski definition) is 2. The van der Waals surface area contributed by atoms with E-state index in [1.807, 2.05) is 24.3 Å². The van der Waals surface area contributed by atoms with Gasteiger partial charge < -0.3 is 14.6 Å². The summed E-state index contributed by atoms with van der Waals surface area (Å²) < 4.78 is 5.06. The van der Waals surface area contributed by atoms with Crippen molar-refractivity contribution in [3.63, 3.8) is 0 Å². The van der Waals surface area contributed by atoms with E-state index < -0.39 is 0 Å². The van der Waals surface area contributed by atoms with Gasteiger partial charge in [-0.3, -0.25) is 14.9 Å². The van der Waals surface area contributed by atoms with Gasteiger partial charge in [-0.15, -0.1) is 11.3 Å². The van der Waals surface area contributed by atoms with E-state index in [0.717, 1.165) is 24.5 Å². The van der Waals surface area contributed by atoms with E-state index in [2.05, 4.69) is 20.5 Å². The maximum absolute atomic E-state index is 12.5. The molecule has 0 spiro atoms. The molecule has 1 saturated heterocycles. The second-order valence-corrected chi connectivity index (χ2v) is 7.37. The predicted octanol–water partition coefficient (Wildman–Crippen LogP) is 3.77. The smallest absolute Gasteiger partial charge is 0.293 e. The van der Waals surface area contributed by atoms with Crippen molar-refractivity contribution in [1.29, 1.82) is 0 Å². The highest BCUT2D eigenvalue weighted by atomic mass is 32.1. The largest absolute Gasteiger partial charge is 0.459 e. The molecule has 0 atom stereocenters. The van der Waals surface area contributed by atoms with Crippen molar-refractivity contribution in [2.45, 2.75) is 19.3 Å². The van der Waals surface area contributed by atoms with Gasteiger partial charge in [0.25, 0.3) is 5.91 Å². The minimum atomic E-state index is -0.366. The lowest BCUT2D eigenvalue weighted by Gasteiger charge is -2.21. The number of furan rings is 1. The maximum Gasteiger partial charge on any atom is 0.293 e. The molecule has 0 saturated carbocycles. The summed E-state index contributed by atoms with van der Waals surface area (Å²) in [6.07, 6.45) is 3.93. The van der Waals surface area contributed by atoms with Crippen LogP contribution >= 0.6 is 11.3 Å². The number of hydrogen-bond acceptors (Lipinski definition) is 6. The van der Waals surface area contributed by atoms with Crippen LogP contribution in [-0.2, 0) is 11.2 Å². The van der Waals surface area contributed by atoms with Crippen molar-refractivity contribution in [1.82, 2.24) is 4.98 Å². The third-order valence-electron chi connectivity index (χ3n) is 4.48. The minimum absolute atomic E-state index is 0.138. The van der Waals surface area contributed by atoms with Gasteiger partial charge in [0.15, 0.2) is 10.9 Å². The van der Waals surface area contributed by atoms with Crippen LogP contribution in [0.2, 0.25) is 0 Å². The number of nitrogens with one attached hydrogen (secondary N) is 2. The summed E-state index contributed by atoms with van der Waals surface area (Å²) in [6, 6.07) is 11.1. The number of thiazole rings is 1. The lowest BCUT2D eigenvalue weighted by molar-refractivity contribution is -0.115. The molecule has 3 heterocycles. The topological polar surface area (TPSA) is 87.5 Å². The van der Waals surface area contributed by atoms with Gasteiger partial charge in [-0.2, -0.15) is 0 Å². The van der Waals surface area contributed by atoms with Crippen molar-refractivity contribution in [3.8, 4) is 0 Å². The Bertz CT molecular complexity index is 962. The molecule has 2 amide bonds. The number of anilines is 3. The molecule has 0 bridgehead atoms. The molecule has 1 aliphatic rings. The molecule has 28 heavy (non-hydrogen) atoms. The molecular formula is C20H20N4O3S. The monoisotopic (exact) mass is 396 g/mol. The Kier molecular flexibility index (Phi) is 5.38. The molecule has 1 aromatic carbocycles. The van der Waals surface area contributed by atoms with Crippen molar-refractivity contribution >= 4 is 39.7 Å². The molecule has 0 aliphatic carbocycles. The quantitative estimate of drug-likeness (QED) is 0.662. The summed E-state index contributed by atoms with van der Waals surface area (Å²) >= 11 is 1.27. The molecule has 8 heteroatoms. The number of nitrogens with zero attached hydrogens (tertiary/aromatic N) is 2. The zero-order valence-corrected chi connectivity index (χ0v) is 16.0. The molecule has 4 rings (SSSR count). The molecule has 2 N–H and O–H groups in total. The van der Waals surface area contributed by atoms with Gasteiger partial charge in [0.1, 0.15) is 0 Å². The molecule has 0 unspecified atom stereocenters. The fourth-order valence-corrected chi connectivity index (χ4v) is 3.89. The SMILES string of the molecule is O=C(Cc1csc(NC(=O)c2ccco2)n1)Nc1ccccc1N1CCCC1. The van der Waals surface area contributed by atoms with E-state index in [1.54, 1.807) is 17.5 Å². The van der Waals surface area contributed by atoms with Crippen LogP contribution in [0.5, 0.6) is 0 Å². The maximum atomic E-state index is 12.5. The van der Waals surface area contributed by atoms with E-state index in [-0.39, 0.29) is 24.0 Å². The van der Waals surface area contributed by atoms with Crippen molar-refractivity contribution < 1.29 is 14.0 Å². The Labute approximate surface area is 166 Å². The van der Waals surface area contributed by atoms with Crippen LogP contribution in [0.25, 0.3) is 0 Å². The van der Waals surface area contributed by atoms with Crippen LogP contribution in [0.3, 0.4) is 0 Å². The Hall–Kier alpha value is -3.13. The van der Waals surface area contributed by atoms with Gasteiger partial charge in [0.05, 0.1) is 29.8 Å². The lowest BCUT2D eigenvalue weighted by atomic mass is 10.2. The van der Waals surface area contributed by atoms with Crippen LogP contribution in [0.15, 0.2) is 52.5 Å². The van der Waals surface area contributed by atoms with Crippen LogP contribution in [0.1, 0.15) is 29.1 Å². The lowest BCUT2D eigenvalue weighted by Crippen LogP contribution is -2.21. The Morgan fingerprint density at radius 1 is 1.11 bits per heavy atom. The second kappa shape index (κ2) is 8.26. The third kappa shape index (κ3) is 4.23. The van der Waals surface area contributed by atoms with E-state index in [0.29, 0.717) is 10.8 Å². The molecule has 3 aromatic rings. The van der Waals surface area contributed by atoms with Crippen molar-refractivity contribution in [2.24, 2.45) is 0 Å². The first-order chi connectivity index (χ1) is 13.7. The van der Waals surface area contributed by atoms with Gasteiger partial charge in [-0.25, -0.2) is 4.98 Å². The van der Waals surface area contributed by atoms with Gasteiger partial charge in [0, 0.05) is 18.5 Å². The van der Waals surface area contributed by atoms with Gasteiger partial charge in [-0.1, -0.05) is 12.1 Å². The van der Waals surface area contributed by atoms with Gasteiger partial charge in [0.2, 0.25) is 5.91 Å². The Morgan fingerprint density at radius 3 is 2.71 bits per heavy atom. The summed E-state index contributed by atoms with van der Waals surface area (Å²) in [5.41, 5.74) is 2.48. The summed E-state index contributed by atoms with van der Waals surface area (Å²) in [5.74, 6) is -0.288. The fourth-order valence-electron chi connectivity index (χ4n) is 3.18. The van der Waals surface area contributed by atoms with E-state index in [4.69, 9.17) is 4.42 Å². The highest BCUT2D eigenvalue weighted by molar-refractivity contribution is 7.14. The summed E-state index contributed by atoms with van der Waals surface area (Å²) in [7, 11) is 0. The zero-order chi connectivity index (χ0) is 19.3. The normalized spacial score (nSPS) is 13.5. The first-order valence-electron chi connectivity index (χ1n) is 9.12. The molecule has 0 radical (unpaired) electrons. The first kappa shape index (κ1) is 18.2. The Morgan fingerprint density at radius 2 is 1.93 bits per heavy atom. The number of para-hydroxylation sites is 2. The highest BCUT2D eigenvalue weighted by Crippen LogP contribution is 2.28. The molecule has 7 nitrogen and oxygen atoms in total. The Balaban J connectivity index is 1.37. The number of amides is 2. The fraction of sp³-hybridized carbons (Fsp3) is 0.250. The number of rotatable bonds is 6. The zero-order valence-electron chi connectivity index (χ0n) is 15.2. The van der Waals surface area contributed by atoms with Crippen LogP contribution in [0, 0.1) is 0 Å². The second-order valence-electron chi connectivity index (χ2n) is 6.51. The van der Waals surface area contributed by atoms with Crippen molar-refractivity contribution in [2.75, 3.05) is 28.6 Å². The summed E-state index contributed by atoms with van der Waals surface area (Å²) in [6.45, 7) is 2.02. The van der Waals surface area contributed by atoms with Crippen LogP contribution < -0.4 is 15.5 Å². The van der Waals surface area contributed by atoms with Crippen molar-refractivity contribution in [3.05, 3.63) is 59.5 Å². The van der Waals surface area contributed by atoms with Gasteiger partial charge in [-0.05, 0) is 37.1 Å². The molecule has 1 aliphatic heterocycles. The minimum Gasteiger partial charge on any atom is -0.459 e. The predicted molar refractivity (Wildman–Crippen MR) is 109 cm³/mol. The average Bonchev–Trinajstić information content (AvgIpc) is 3.45. The molecule has 144 valence electrons. The van der Waals surface area contributed by atoms with E-state index in [9.17, 15) is 9.59 Å². The number of carbonyl (C=O) groups is 2. The molecule has 1 fully saturated rings. The summed E-state index contributed by atoms with van der Waals surface area (Å²) in [5, 5.41) is 7.86. The highest BCUT2D eigenvalue weighted by Gasteiger charge is 2.17. The third-order valence-corrected chi connectivity index (χ3v) is 5.29. The molecule has 2 aromatic heterocycles.